The summed E-state index contributed by atoms with van der Waals surface area (Å²) in [6.45, 7) is 13.5. The average Bonchev–Trinajstić information content (AvgIpc) is 2.39. The van der Waals surface area contributed by atoms with Gasteiger partial charge in [0.15, 0.2) is 0 Å². The molecule has 0 heterocycles. The molecule has 2 rings (SSSR count). The SMILES string of the molecule is CC(C)(C)c1cccc(C(C)(C)C)c1Nc1ccccc1N. The van der Waals surface area contributed by atoms with Crippen molar-refractivity contribution < 1.29 is 0 Å². The predicted molar refractivity (Wildman–Crippen MR) is 98.0 cm³/mol. The number of hydrogen-bond donors (Lipinski definition) is 2. The molecule has 0 atom stereocenters. The van der Waals surface area contributed by atoms with Gasteiger partial charge in [0.2, 0.25) is 0 Å². The van der Waals surface area contributed by atoms with Crippen LogP contribution in [0.25, 0.3) is 0 Å². The van der Waals surface area contributed by atoms with Crippen LogP contribution in [0.15, 0.2) is 42.5 Å². The summed E-state index contributed by atoms with van der Waals surface area (Å²) in [5, 5.41) is 3.60. The molecular formula is C20H28N2. The molecule has 2 nitrogen and oxygen atoms in total. The van der Waals surface area contributed by atoms with Crippen molar-refractivity contribution in [3.05, 3.63) is 53.6 Å². The van der Waals surface area contributed by atoms with Crippen molar-refractivity contribution in [2.24, 2.45) is 0 Å². The number of benzene rings is 2. The first-order valence-corrected chi connectivity index (χ1v) is 7.86. The number of nitrogen functional groups attached to an aromatic ring is 1. The van der Waals surface area contributed by atoms with E-state index in [9.17, 15) is 0 Å². The number of para-hydroxylation sites is 3. The van der Waals surface area contributed by atoms with E-state index >= 15 is 0 Å². The van der Waals surface area contributed by atoms with E-state index in [2.05, 4.69) is 65.1 Å². The first-order valence-electron chi connectivity index (χ1n) is 7.86. The molecule has 0 radical (unpaired) electrons. The molecule has 118 valence electrons. The Balaban J connectivity index is 2.63. The largest absolute Gasteiger partial charge is 0.397 e. The van der Waals surface area contributed by atoms with Crippen LogP contribution in [0.1, 0.15) is 52.7 Å². The van der Waals surface area contributed by atoms with Gasteiger partial charge in [-0.25, -0.2) is 0 Å². The number of nitrogens with two attached hydrogens (primary N) is 1. The second-order valence-electron chi connectivity index (χ2n) is 7.94. The van der Waals surface area contributed by atoms with Gasteiger partial charge in [-0.05, 0) is 34.1 Å². The first-order chi connectivity index (χ1) is 10.1. The Morgan fingerprint density at radius 3 is 1.68 bits per heavy atom. The van der Waals surface area contributed by atoms with E-state index in [-0.39, 0.29) is 10.8 Å². The van der Waals surface area contributed by atoms with Gasteiger partial charge in [-0.1, -0.05) is 71.9 Å². The van der Waals surface area contributed by atoms with Crippen LogP contribution in [0.3, 0.4) is 0 Å². The monoisotopic (exact) mass is 296 g/mol. The highest BCUT2D eigenvalue weighted by molar-refractivity contribution is 5.76. The van der Waals surface area contributed by atoms with Gasteiger partial charge in [-0.3, -0.25) is 0 Å². The lowest BCUT2D eigenvalue weighted by Gasteiger charge is -2.30. The first kappa shape index (κ1) is 16.4. The topological polar surface area (TPSA) is 38.0 Å². The molecule has 0 spiro atoms. The highest BCUT2D eigenvalue weighted by Gasteiger charge is 2.25. The van der Waals surface area contributed by atoms with E-state index in [1.807, 2.05) is 24.3 Å². The third-order valence-corrected chi connectivity index (χ3v) is 3.90. The van der Waals surface area contributed by atoms with E-state index in [0.717, 1.165) is 11.4 Å². The molecule has 0 aliphatic rings. The maximum Gasteiger partial charge on any atom is 0.0618 e. The summed E-state index contributed by atoms with van der Waals surface area (Å²) >= 11 is 0. The van der Waals surface area contributed by atoms with Crippen molar-refractivity contribution in [1.29, 1.82) is 0 Å². The molecule has 0 amide bonds. The molecule has 2 aromatic carbocycles. The molecule has 0 saturated carbocycles. The summed E-state index contributed by atoms with van der Waals surface area (Å²) in [6, 6.07) is 14.5. The van der Waals surface area contributed by atoms with E-state index < -0.39 is 0 Å². The number of rotatable bonds is 2. The summed E-state index contributed by atoms with van der Waals surface area (Å²) in [6.07, 6.45) is 0. The minimum Gasteiger partial charge on any atom is -0.397 e. The van der Waals surface area contributed by atoms with Crippen LogP contribution in [0.4, 0.5) is 17.1 Å². The summed E-state index contributed by atoms with van der Waals surface area (Å²) in [5.74, 6) is 0. The third kappa shape index (κ3) is 3.44. The molecule has 3 N–H and O–H groups in total. The lowest BCUT2D eigenvalue weighted by Crippen LogP contribution is -2.20. The lowest BCUT2D eigenvalue weighted by molar-refractivity contribution is 0.572. The molecule has 0 fully saturated rings. The van der Waals surface area contributed by atoms with Gasteiger partial charge >= 0.3 is 0 Å². The molecule has 2 heteroatoms. The fraction of sp³-hybridized carbons (Fsp3) is 0.400. The molecular weight excluding hydrogens is 268 g/mol. The van der Waals surface area contributed by atoms with E-state index in [1.165, 1.54) is 16.8 Å². The van der Waals surface area contributed by atoms with Gasteiger partial charge < -0.3 is 11.1 Å². The second kappa shape index (κ2) is 5.68. The minimum absolute atomic E-state index is 0.0626. The number of nitrogens with one attached hydrogen (secondary N) is 1. The molecule has 0 saturated heterocycles. The van der Waals surface area contributed by atoms with Crippen LogP contribution < -0.4 is 11.1 Å². The fourth-order valence-corrected chi connectivity index (χ4v) is 2.68. The lowest BCUT2D eigenvalue weighted by atomic mass is 9.78. The standard InChI is InChI=1S/C20H28N2/c1-19(2,3)14-10-9-11-15(20(4,5)6)18(14)22-17-13-8-7-12-16(17)21/h7-13,22H,21H2,1-6H3. The summed E-state index contributed by atoms with van der Waals surface area (Å²) < 4.78 is 0. The predicted octanol–water partition coefficient (Wildman–Crippen LogP) is 5.61. The maximum absolute atomic E-state index is 6.12. The molecule has 22 heavy (non-hydrogen) atoms. The van der Waals surface area contributed by atoms with Gasteiger partial charge in [-0.15, -0.1) is 0 Å². The second-order valence-corrected chi connectivity index (χ2v) is 7.94. The molecule has 0 aliphatic heterocycles. The highest BCUT2D eigenvalue weighted by atomic mass is 14.9. The summed E-state index contributed by atoms with van der Waals surface area (Å²) in [4.78, 5) is 0. The van der Waals surface area contributed by atoms with Crippen molar-refractivity contribution in [2.45, 2.75) is 52.4 Å². The zero-order valence-corrected chi connectivity index (χ0v) is 14.6. The Morgan fingerprint density at radius 2 is 1.23 bits per heavy atom. The molecule has 0 aliphatic carbocycles. The Kier molecular flexibility index (Phi) is 4.23. The van der Waals surface area contributed by atoms with Crippen LogP contribution in [0.5, 0.6) is 0 Å². The Bertz CT molecular complexity index is 626. The van der Waals surface area contributed by atoms with Crippen molar-refractivity contribution in [3.8, 4) is 0 Å². The van der Waals surface area contributed by atoms with E-state index in [0.29, 0.717) is 0 Å². The zero-order chi connectivity index (χ0) is 16.5. The van der Waals surface area contributed by atoms with Crippen molar-refractivity contribution >= 4 is 17.1 Å². The van der Waals surface area contributed by atoms with Gasteiger partial charge in [0.25, 0.3) is 0 Å². The van der Waals surface area contributed by atoms with Crippen molar-refractivity contribution in [3.63, 3.8) is 0 Å². The van der Waals surface area contributed by atoms with E-state index in [4.69, 9.17) is 5.73 Å². The average molecular weight is 296 g/mol. The Morgan fingerprint density at radius 1 is 0.727 bits per heavy atom. The van der Waals surface area contributed by atoms with Gasteiger partial charge in [0.05, 0.1) is 11.4 Å². The van der Waals surface area contributed by atoms with E-state index in [1.54, 1.807) is 0 Å². The van der Waals surface area contributed by atoms with Crippen LogP contribution in [0, 0.1) is 0 Å². The third-order valence-electron chi connectivity index (χ3n) is 3.90. The van der Waals surface area contributed by atoms with Crippen LogP contribution in [0.2, 0.25) is 0 Å². The number of anilines is 3. The van der Waals surface area contributed by atoms with Crippen LogP contribution in [-0.2, 0) is 10.8 Å². The van der Waals surface area contributed by atoms with Crippen molar-refractivity contribution in [2.75, 3.05) is 11.1 Å². The normalized spacial score (nSPS) is 12.3. The Hall–Kier alpha value is -1.96. The summed E-state index contributed by atoms with van der Waals surface area (Å²) in [7, 11) is 0. The van der Waals surface area contributed by atoms with Gasteiger partial charge in [0.1, 0.15) is 0 Å². The number of hydrogen-bond acceptors (Lipinski definition) is 2. The molecule has 0 bridgehead atoms. The van der Waals surface area contributed by atoms with Crippen LogP contribution in [-0.4, -0.2) is 0 Å². The minimum atomic E-state index is 0.0626. The summed E-state index contributed by atoms with van der Waals surface area (Å²) in [5.41, 5.74) is 11.8. The molecule has 2 aromatic rings. The highest BCUT2D eigenvalue weighted by Crippen LogP contribution is 2.39. The Labute approximate surface area is 134 Å². The maximum atomic E-state index is 6.12. The smallest absolute Gasteiger partial charge is 0.0618 e. The molecule has 0 aromatic heterocycles. The van der Waals surface area contributed by atoms with Gasteiger partial charge in [-0.2, -0.15) is 0 Å². The quantitative estimate of drug-likeness (QED) is 0.707. The zero-order valence-electron chi connectivity index (χ0n) is 14.6. The molecule has 0 unspecified atom stereocenters. The van der Waals surface area contributed by atoms with Crippen LogP contribution >= 0.6 is 0 Å². The van der Waals surface area contributed by atoms with Gasteiger partial charge in [0, 0.05) is 5.69 Å². The fourth-order valence-electron chi connectivity index (χ4n) is 2.68. The van der Waals surface area contributed by atoms with Crippen molar-refractivity contribution in [1.82, 2.24) is 0 Å².